The highest BCUT2D eigenvalue weighted by atomic mass is 32.2. The van der Waals surface area contributed by atoms with Gasteiger partial charge in [-0.25, -0.2) is 19.2 Å². The number of carbonyl (C=O) groups is 1. The molecule has 1 aliphatic rings. The molecule has 184 valence electrons. The topological polar surface area (TPSA) is 122 Å². The van der Waals surface area contributed by atoms with Crippen LogP contribution in [0.25, 0.3) is 11.4 Å². The molecule has 1 amide bonds. The van der Waals surface area contributed by atoms with Gasteiger partial charge in [0.15, 0.2) is 11.6 Å². The molecular weight excluding hydrogens is 454 g/mol. The van der Waals surface area contributed by atoms with Crippen molar-refractivity contribution in [2.45, 2.75) is 33.2 Å². The summed E-state index contributed by atoms with van der Waals surface area (Å²) in [6.45, 7) is 13.9. The van der Waals surface area contributed by atoms with Gasteiger partial charge >= 0.3 is 0 Å². The molecule has 0 spiro atoms. The molecule has 0 unspecified atom stereocenters. The number of nitrogens with one attached hydrogen (secondary N) is 2. The van der Waals surface area contributed by atoms with Crippen molar-refractivity contribution >= 4 is 33.1 Å². The van der Waals surface area contributed by atoms with Crippen LogP contribution in [0, 0.1) is 0 Å². The maximum absolute atomic E-state index is 12.6. The molecule has 0 bridgehead atoms. The minimum Gasteiger partial charge on any atom is -0.373 e. The van der Waals surface area contributed by atoms with Gasteiger partial charge in [0, 0.05) is 58.2 Å². The van der Waals surface area contributed by atoms with Gasteiger partial charge in [0.2, 0.25) is 0 Å². The van der Waals surface area contributed by atoms with Crippen LogP contribution in [0.15, 0.2) is 34.8 Å². The highest BCUT2D eigenvalue weighted by Gasteiger charge is 2.21. The van der Waals surface area contributed by atoms with Crippen LogP contribution in [-0.2, 0) is 14.5 Å². The molecule has 1 aliphatic heterocycles. The third kappa shape index (κ3) is 6.97. The largest absolute Gasteiger partial charge is 0.373 e. The summed E-state index contributed by atoms with van der Waals surface area (Å²) in [6.07, 6.45) is 3.10. The molecule has 3 heterocycles. The molecule has 2 N–H and O–H groups in total. The van der Waals surface area contributed by atoms with Gasteiger partial charge in [-0.05, 0) is 39.8 Å². The summed E-state index contributed by atoms with van der Waals surface area (Å²) in [6, 6.07) is 5.12. The second kappa shape index (κ2) is 10.1. The summed E-state index contributed by atoms with van der Waals surface area (Å²) in [5, 5.41) is 6.09. The first kappa shape index (κ1) is 25.6. The molecule has 11 heteroatoms. The SMILES string of the molecule is C=C1COCCN1c1cc(N=S(C)(C)=O)nc(-c2cc(NC(C)(C)C)nc(C(=O)NCC)c2)n1. The van der Waals surface area contributed by atoms with E-state index in [1.165, 1.54) is 0 Å². The van der Waals surface area contributed by atoms with Gasteiger partial charge in [0.1, 0.15) is 17.3 Å². The zero-order chi connectivity index (χ0) is 25.1. The zero-order valence-electron chi connectivity index (χ0n) is 20.6. The Hall–Kier alpha value is -3.05. The van der Waals surface area contributed by atoms with Crippen molar-refractivity contribution in [3.63, 3.8) is 0 Å². The number of hydrogen-bond acceptors (Lipinski definition) is 9. The molecule has 0 aliphatic carbocycles. The molecule has 0 aromatic carbocycles. The maximum atomic E-state index is 12.6. The fourth-order valence-electron chi connectivity index (χ4n) is 3.30. The molecule has 2 aromatic heterocycles. The molecule has 3 rings (SSSR count). The van der Waals surface area contributed by atoms with Gasteiger partial charge in [-0.3, -0.25) is 4.79 Å². The molecule has 1 fully saturated rings. The smallest absolute Gasteiger partial charge is 0.269 e. The molecule has 1 saturated heterocycles. The fourth-order valence-corrected chi connectivity index (χ4v) is 3.84. The molecule has 0 radical (unpaired) electrons. The Bertz CT molecular complexity index is 1210. The summed E-state index contributed by atoms with van der Waals surface area (Å²) in [5.74, 6) is 1.42. The Balaban J connectivity index is 2.20. The van der Waals surface area contributed by atoms with Crippen LogP contribution in [0.4, 0.5) is 17.5 Å². The maximum Gasteiger partial charge on any atom is 0.269 e. The van der Waals surface area contributed by atoms with Gasteiger partial charge in [0.25, 0.3) is 5.91 Å². The molecule has 10 nitrogen and oxygen atoms in total. The van der Waals surface area contributed by atoms with E-state index in [9.17, 15) is 9.00 Å². The van der Waals surface area contributed by atoms with Gasteiger partial charge in [0.05, 0.1) is 13.2 Å². The van der Waals surface area contributed by atoms with Crippen LogP contribution in [0.5, 0.6) is 0 Å². The van der Waals surface area contributed by atoms with Crippen molar-refractivity contribution in [2.75, 3.05) is 49.0 Å². The summed E-state index contributed by atoms with van der Waals surface area (Å²) in [4.78, 5) is 28.3. The number of morpholine rings is 1. The van der Waals surface area contributed by atoms with Gasteiger partial charge in [-0.2, -0.15) is 4.36 Å². The van der Waals surface area contributed by atoms with E-state index >= 15 is 0 Å². The lowest BCUT2D eigenvalue weighted by atomic mass is 10.1. The third-order valence-corrected chi connectivity index (χ3v) is 5.18. The normalized spacial score (nSPS) is 14.6. The van der Waals surface area contributed by atoms with E-state index in [2.05, 4.69) is 31.5 Å². The monoisotopic (exact) mass is 487 g/mol. The first-order valence-corrected chi connectivity index (χ1v) is 13.4. The molecule has 34 heavy (non-hydrogen) atoms. The van der Waals surface area contributed by atoms with Gasteiger partial charge in [-0.1, -0.05) is 6.58 Å². The number of rotatable bonds is 6. The van der Waals surface area contributed by atoms with E-state index in [0.717, 1.165) is 5.70 Å². The number of amides is 1. The molecule has 0 saturated carbocycles. The van der Waals surface area contributed by atoms with Crippen molar-refractivity contribution in [3.8, 4) is 11.4 Å². The van der Waals surface area contributed by atoms with Crippen LogP contribution in [-0.4, -0.2) is 69.4 Å². The van der Waals surface area contributed by atoms with E-state index in [1.807, 2.05) is 32.6 Å². The summed E-state index contributed by atoms with van der Waals surface area (Å²) < 4.78 is 22.2. The average Bonchev–Trinajstić information content (AvgIpc) is 2.71. The van der Waals surface area contributed by atoms with Crippen LogP contribution >= 0.6 is 0 Å². The van der Waals surface area contributed by atoms with Gasteiger partial charge < -0.3 is 20.3 Å². The number of anilines is 2. The van der Waals surface area contributed by atoms with Crippen LogP contribution in [0.2, 0.25) is 0 Å². The first-order valence-electron chi connectivity index (χ1n) is 11.0. The number of hydrogen-bond donors (Lipinski definition) is 2. The predicted molar refractivity (Wildman–Crippen MR) is 136 cm³/mol. The van der Waals surface area contributed by atoms with Crippen molar-refractivity contribution in [1.82, 2.24) is 20.3 Å². The summed E-state index contributed by atoms with van der Waals surface area (Å²) in [7, 11) is -2.47. The molecule has 2 aromatic rings. The molecular formula is C23H33N7O3S. The zero-order valence-corrected chi connectivity index (χ0v) is 21.5. The number of ether oxygens (including phenoxy) is 1. The van der Waals surface area contributed by atoms with Crippen molar-refractivity contribution in [1.29, 1.82) is 0 Å². The number of carbonyl (C=O) groups excluding carboxylic acids is 1. The van der Waals surface area contributed by atoms with Crippen LogP contribution in [0.1, 0.15) is 38.2 Å². The van der Waals surface area contributed by atoms with E-state index < -0.39 is 9.73 Å². The third-order valence-electron chi connectivity index (χ3n) is 4.56. The quantitative estimate of drug-likeness (QED) is 0.637. The Morgan fingerprint density at radius 2 is 1.97 bits per heavy atom. The average molecular weight is 488 g/mol. The van der Waals surface area contributed by atoms with Crippen molar-refractivity contribution in [2.24, 2.45) is 4.36 Å². The Morgan fingerprint density at radius 3 is 2.59 bits per heavy atom. The fraction of sp³-hybridized carbons (Fsp3) is 0.478. The van der Waals surface area contributed by atoms with Crippen LogP contribution < -0.4 is 15.5 Å². The minimum atomic E-state index is -2.47. The lowest BCUT2D eigenvalue weighted by Gasteiger charge is -2.30. The standard InChI is InChI=1S/C23H33N7O3S/c1-8-24-22(31)17-11-16(12-18(25-17)28-23(3,4)5)21-26-19(29-34(6,7)32)13-20(27-21)30-9-10-33-14-15(30)2/h11-13H,2,8-10,14H2,1,3-7H3,(H,24,31)(H,25,28). The van der Waals surface area contributed by atoms with Crippen molar-refractivity contribution < 1.29 is 13.7 Å². The Labute approximate surface area is 201 Å². The second-order valence-corrected chi connectivity index (χ2v) is 11.9. The van der Waals surface area contributed by atoms with Crippen LogP contribution in [0.3, 0.4) is 0 Å². The summed E-state index contributed by atoms with van der Waals surface area (Å²) in [5.41, 5.74) is 1.29. The second-order valence-electron chi connectivity index (χ2n) is 9.31. The number of nitrogens with zero attached hydrogens (tertiary/aromatic N) is 5. The highest BCUT2D eigenvalue weighted by molar-refractivity contribution is 7.92. The van der Waals surface area contributed by atoms with E-state index in [4.69, 9.17) is 9.72 Å². The van der Waals surface area contributed by atoms with E-state index in [0.29, 0.717) is 49.3 Å². The molecule has 0 atom stereocenters. The minimum absolute atomic E-state index is 0.240. The number of aromatic nitrogens is 3. The Kier molecular flexibility index (Phi) is 7.57. The summed E-state index contributed by atoms with van der Waals surface area (Å²) >= 11 is 0. The Morgan fingerprint density at radius 1 is 1.24 bits per heavy atom. The number of pyridine rings is 1. The highest BCUT2D eigenvalue weighted by Crippen LogP contribution is 2.29. The first-order chi connectivity index (χ1) is 15.8. The van der Waals surface area contributed by atoms with E-state index in [-0.39, 0.29) is 23.0 Å². The van der Waals surface area contributed by atoms with E-state index in [1.54, 1.807) is 30.7 Å². The lowest BCUT2D eigenvalue weighted by Crippen LogP contribution is -2.34. The predicted octanol–water partition coefficient (Wildman–Crippen LogP) is 3.21. The lowest BCUT2D eigenvalue weighted by molar-refractivity contribution is 0.0951. The van der Waals surface area contributed by atoms with Crippen molar-refractivity contribution in [3.05, 3.63) is 36.2 Å². The van der Waals surface area contributed by atoms with Gasteiger partial charge in [-0.15, -0.1) is 0 Å².